The quantitative estimate of drug-likeness (QED) is 0.745. The third-order valence-electron chi connectivity index (χ3n) is 2.94. The minimum Gasteiger partial charge on any atom is -0.459 e. The molecular weight excluding hydrogens is 206 g/mol. The third kappa shape index (κ3) is 3.76. The Morgan fingerprint density at radius 3 is 2.62 bits per heavy atom. The molecule has 0 aromatic heterocycles. The van der Waals surface area contributed by atoms with Crippen molar-refractivity contribution in [3.8, 4) is 0 Å². The van der Waals surface area contributed by atoms with E-state index in [2.05, 4.69) is 12.2 Å². The first-order valence-corrected chi connectivity index (χ1v) is 5.81. The van der Waals surface area contributed by atoms with Gasteiger partial charge in [0.2, 0.25) is 0 Å². The lowest BCUT2D eigenvalue weighted by molar-refractivity contribution is -0.154. The highest BCUT2D eigenvalue weighted by Gasteiger charge is 2.37. The van der Waals surface area contributed by atoms with Crippen LogP contribution < -0.4 is 5.32 Å². The summed E-state index contributed by atoms with van der Waals surface area (Å²) in [5.74, 6) is -0.215. The molecule has 1 rings (SSSR count). The molecule has 0 amide bonds. The smallest absolute Gasteiger partial charge is 0.320 e. The van der Waals surface area contributed by atoms with Gasteiger partial charge in [-0.1, -0.05) is 0 Å². The molecule has 4 nitrogen and oxygen atoms in total. The average molecular weight is 229 g/mol. The lowest BCUT2D eigenvalue weighted by atomic mass is 9.95. The van der Waals surface area contributed by atoms with E-state index >= 15 is 0 Å². The largest absolute Gasteiger partial charge is 0.459 e. The number of esters is 1. The molecule has 16 heavy (non-hydrogen) atoms. The van der Waals surface area contributed by atoms with Gasteiger partial charge in [-0.2, -0.15) is 0 Å². The third-order valence-corrected chi connectivity index (χ3v) is 2.94. The predicted octanol–water partition coefficient (Wildman–Crippen LogP) is 1.49. The Morgan fingerprint density at radius 1 is 1.56 bits per heavy atom. The lowest BCUT2D eigenvalue weighted by Crippen LogP contribution is -2.50. The second kappa shape index (κ2) is 4.72. The second-order valence-electron chi connectivity index (χ2n) is 5.62. The number of carbonyl (C=O) groups excluding carboxylic acids is 1. The average Bonchev–Trinajstić information content (AvgIpc) is 2.42. The summed E-state index contributed by atoms with van der Waals surface area (Å²) in [5, 5.41) is 3.23. The number of hydrogen-bond donors (Lipinski definition) is 1. The van der Waals surface area contributed by atoms with Crippen LogP contribution in [-0.2, 0) is 14.3 Å². The molecule has 1 saturated heterocycles. The van der Waals surface area contributed by atoms with E-state index in [0.29, 0.717) is 0 Å². The van der Waals surface area contributed by atoms with Crippen LogP contribution in [0.15, 0.2) is 0 Å². The predicted molar refractivity (Wildman–Crippen MR) is 62.3 cm³/mol. The Kier molecular flexibility index (Phi) is 3.97. The summed E-state index contributed by atoms with van der Waals surface area (Å²) >= 11 is 0. The number of ether oxygens (including phenoxy) is 2. The van der Waals surface area contributed by atoms with E-state index in [9.17, 15) is 4.79 Å². The zero-order valence-corrected chi connectivity index (χ0v) is 10.9. The molecule has 0 saturated carbocycles. The fourth-order valence-corrected chi connectivity index (χ4v) is 1.72. The molecule has 1 N–H and O–H groups in total. The Labute approximate surface area is 97.7 Å². The Bertz CT molecular complexity index is 259. The SMILES string of the molecule is CC1OCCC1(C)NCC(=O)OC(C)(C)C. The van der Waals surface area contributed by atoms with Crippen LogP contribution in [0.4, 0.5) is 0 Å². The van der Waals surface area contributed by atoms with Gasteiger partial charge in [0.15, 0.2) is 0 Å². The van der Waals surface area contributed by atoms with Gasteiger partial charge in [0.05, 0.1) is 12.6 Å². The molecule has 4 heteroatoms. The van der Waals surface area contributed by atoms with Gasteiger partial charge in [0.25, 0.3) is 0 Å². The molecule has 1 heterocycles. The first-order valence-electron chi connectivity index (χ1n) is 5.81. The first kappa shape index (κ1) is 13.5. The van der Waals surface area contributed by atoms with Crippen LogP contribution in [0.25, 0.3) is 0 Å². The number of carbonyl (C=O) groups is 1. The van der Waals surface area contributed by atoms with Gasteiger partial charge in [-0.15, -0.1) is 0 Å². The maximum Gasteiger partial charge on any atom is 0.320 e. The molecule has 2 unspecified atom stereocenters. The van der Waals surface area contributed by atoms with Crippen molar-refractivity contribution >= 4 is 5.97 Å². The fourth-order valence-electron chi connectivity index (χ4n) is 1.72. The second-order valence-corrected chi connectivity index (χ2v) is 5.62. The van der Waals surface area contributed by atoms with Crippen molar-refractivity contribution in [3.63, 3.8) is 0 Å². The molecule has 0 aromatic carbocycles. The number of hydrogen-bond acceptors (Lipinski definition) is 4. The van der Waals surface area contributed by atoms with E-state index in [0.717, 1.165) is 13.0 Å². The molecule has 0 aromatic rings. The van der Waals surface area contributed by atoms with Crippen molar-refractivity contribution in [1.29, 1.82) is 0 Å². The van der Waals surface area contributed by atoms with Crippen molar-refractivity contribution in [3.05, 3.63) is 0 Å². The monoisotopic (exact) mass is 229 g/mol. The molecule has 0 bridgehead atoms. The van der Waals surface area contributed by atoms with Crippen molar-refractivity contribution in [1.82, 2.24) is 5.32 Å². The molecular formula is C12H23NO3. The van der Waals surface area contributed by atoms with E-state index in [-0.39, 0.29) is 24.2 Å². The molecule has 1 aliphatic heterocycles. The highest BCUT2D eigenvalue weighted by molar-refractivity contribution is 5.72. The standard InChI is InChI=1S/C12H23NO3/c1-9-12(5,6-7-15-9)13-8-10(14)16-11(2,3)4/h9,13H,6-8H2,1-5H3. The minimum atomic E-state index is -0.419. The van der Waals surface area contributed by atoms with Gasteiger partial charge in [-0.05, 0) is 41.0 Å². The van der Waals surface area contributed by atoms with Crippen LogP contribution >= 0.6 is 0 Å². The van der Waals surface area contributed by atoms with Crippen LogP contribution in [0.2, 0.25) is 0 Å². The summed E-state index contributed by atoms with van der Waals surface area (Å²) in [6, 6.07) is 0. The van der Waals surface area contributed by atoms with E-state index in [4.69, 9.17) is 9.47 Å². The van der Waals surface area contributed by atoms with Crippen molar-refractivity contribution in [2.75, 3.05) is 13.2 Å². The highest BCUT2D eigenvalue weighted by atomic mass is 16.6. The lowest BCUT2D eigenvalue weighted by Gasteiger charge is -2.29. The van der Waals surface area contributed by atoms with Gasteiger partial charge in [0, 0.05) is 12.1 Å². The van der Waals surface area contributed by atoms with Crippen LogP contribution in [0.5, 0.6) is 0 Å². The number of rotatable bonds is 3. The summed E-state index contributed by atoms with van der Waals surface area (Å²) in [5.41, 5.74) is -0.533. The van der Waals surface area contributed by atoms with E-state index in [1.807, 2.05) is 27.7 Å². The van der Waals surface area contributed by atoms with Crippen LogP contribution in [0.1, 0.15) is 41.0 Å². The highest BCUT2D eigenvalue weighted by Crippen LogP contribution is 2.24. The maximum absolute atomic E-state index is 11.5. The summed E-state index contributed by atoms with van der Waals surface area (Å²) in [6.07, 6.45) is 1.06. The topological polar surface area (TPSA) is 47.6 Å². The van der Waals surface area contributed by atoms with Gasteiger partial charge < -0.3 is 9.47 Å². The van der Waals surface area contributed by atoms with Crippen LogP contribution in [0, 0.1) is 0 Å². The van der Waals surface area contributed by atoms with E-state index < -0.39 is 5.60 Å². The molecule has 0 aliphatic carbocycles. The van der Waals surface area contributed by atoms with Gasteiger partial charge in [0.1, 0.15) is 5.60 Å². The zero-order valence-electron chi connectivity index (χ0n) is 10.9. The van der Waals surface area contributed by atoms with Crippen molar-refractivity contribution in [2.24, 2.45) is 0 Å². The van der Waals surface area contributed by atoms with Gasteiger partial charge >= 0.3 is 5.97 Å². The molecule has 0 radical (unpaired) electrons. The molecule has 94 valence electrons. The summed E-state index contributed by atoms with van der Waals surface area (Å²) in [4.78, 5) is 11.5. The molecule has 1 aliphatic rings. The fraction of sp³-hybridized carbons (Fsp3) is 0.917. The maximum atomic E-state index is 11.5. The van der Waals surface area contributed by atoms with E-state index in [1.54, 1.807) is 0 Å². The molecule has 0 spiro atoms. The Hall–Kier alpha value is -0.610. The van der Waals surface area contributed by atoms with Crippen LogP contribution in [-0.4, -0.2) is 36.4 Å². The minimum absolute atomic E-state index is 0.114. The van der Waals surface area contributed by atoms with E-state index in [1.165, 1.54) is 0 Å². The Morgan fingerprint density at radius 2 is 2.19 bits per heavy atom. The first-order chi connectivity index (χ1) is 7.23. The molecule has 1 fully saturated rings. The summed E-state index contributed by atoms with van der Waals surface area (Å²) in [6.45, 7) is 10.7. The summed E-state index contributed by atoms with van der Waals surface area (Å²) in [7, 11) is 0. The molecule has 2 atom stereocenters. The van der Waals surface area contributed by atoms with Crippen molar-refractivity contribution in [2.45, 2.75) is 58.3 Å². The number of nitrogens with one attached hydrogen (secondary N) is 1. The van der Waals surface area contributed by atoms with Crippen LogP contribution in [0.3, 0.4) is 0 Å². The summed E-state index contributed by atoms with van der Waals surface area (Å²) < 4.78 is 10.7. The zero-order chi connectivity index (χ0) is 12.4. The normalized spacial score (nSPS) is 30.4. The van der Waals surface area contributed by atoms with Crippen molar-refractivity contribution < 1.29 is 14.3 Å². The van der Waals surface area contributed by atoms with Gasteiger partial charge in [-0.25, -0.2) is 0 Å². The van der Waals surface area contributed by atoms with Gasteiger partial charge in [-0.3, -0.25) is 10.1 Å². The Balaban J connectivity index is 2.37.